The lowest BCUT2D eigenvalue weighted by Gasteiger charge is -2.34. The molecule has 0 aromatic heterocycles. The Kier molecular flexibility index (Phi) is 9.96. The number of nitrogens with one attached hydrogen (secondary N) is 1. The van der Waals surface area contributed by atoms with Gasteiger partial charge in [-0.25, -0.2) is 8.42 Å². The van der Waals surface area contributed by atoms with Gasteiger partial charge in [-0.1, -0.05) is 35.0 Å². The van der Waals surface area contributed by atoms with Crippen molar-refractivity contribution in [3.05, 3.63) is 58.1 Å². The van der Waals surface area contributed by atoms with E-state index in [1.807, 2.05) is 46.8 Å². The molecule has 0 saturated heterocycles. The molecule has 1 atom stereocenters. The fourth-order valence-electron chi connectivity index (χ4n) is 3.70. The van der Waals surface area contributed by atoms with Crippen molar-refractivity contribution in [1.29, 1.82) is 0 Å². The number of halogens is 1. The number of rotatable bonds is 10. The third-order valence-electron chi connectivity index (χ3n) is 5.50. The van der Waals surface area contributed by atoms with Gasteiger partial charge in [0.15, 0.2) is 0 Å². The smallest absolute Gasteiger partial charge is 0.244 e. The standard InChI is InChI=1S/C26H36BrN3O5S/c1-8-23(25(32)28-26(3,4)5)29(16-19-9-12-21(35-6)13-10-19)24(31)17-30(36(7,33)34)20-11-14-22(27)18(2)15-20/h9-15,23H,8,16-17H2,1-7H3,(H,28,32). The van der Waals surface area contributed by atoms with Crippen LogP contribution in [0.15, 0.2) is 46.9 Å². The first kappa shape index (κ1) is 29.6. The van der Waals surface area contributed by atoms with E-state index in [1.165, 1.54) is 4.90 Å². The monoisotopic (exact) mass is 581 g/mol. The first-order valence-electron chi connectivity index (χ1n) is 11.6. The Balaban J connectivity index is 2.47. The molecule has 2 amide bonds. The van der Waals surface area contributed by atoms with Crippen molar-refractivity contribution in [1.82, 2.24) is 10.2 Å². The molecule has 8 nitrogen and oxygen atoms in total. The molecule has 1 N–H and O–H groups in total. The van der Waals surface area contributed by atoms with Gasteiger partial charge in [-0.15, -0.1) is 0 Å². The average Bonchev–Trinajstić information content (AvgIpc) is 2.77. The zero-order valence-electron chi connectivity index (χ0n) is 22.0. The lowest BCUT2D eigenvalue weighted by Crippen LogP contribution is -2.55. The number of anilines is 1. The Bertz CT molecular complexity index is 1180. The number of methoxy groups -OCH3 is 1. The van der Waals surface area contributed by atoms with Crippen molar-refractivity contribution in [2.45, 2.75) is 59.2 Å². The fourth-order valence-corrected chi connectivity index (χ4v) is 4.79. The molecule has 2 rings (SSSR count). The second kappa shape index (κ2) is 12.1. The number of nitrogens with zero attached hydrogens (tertiary/aromatic N) is 2. The molecule has 1 unspecified atom stereocenters. The minimum absolute atomic E-state index is 0.135. The van der Waals surface area contributed by atoms with Crippen LogP contribution < -0.4 is 14.4 Å². The van der Waals surface area contributed by atoms with Gasteiger partial charge in [-0.05, 0) is 75.6 Å². The summed E-state index contributed by atoms with van der Waals surface area (Å²) in [6.07, 6.45) is 1.43. The molecular formula is C26H36BrN3O5S. The molecule has 198 valence electrons. The highest BCUT2D eigenvalue weighted by Gasteiger charge is 2.33. The Morgan fingerprint density at radius 1 is 1.11 bits per heavy atom. The summed E-state index contributed by atoms with van der Waals surface area (Å²) in [5, 5.41) is 2.95. The average molecular weight is 583 g/mol. The third-order valence-corrected chi connectivity index (χ3v) is 7.54. The molecule has 0 saturated carbocycles. The number of amides is 2. The molecule has 2 aromatic carbocycles. The third kappa shape index (κ3) is 8.23. The van der Waals surface area contributed by atoms with Crippen molar-refractivity contribution >= 4 is 43.5 Å². The minimum atomic E-state index is -3.79. The van der Waals surface area contributed by atoms with Gasteiger partial charge in [-0.2, -0.15) is 0 Å². The highest BCUT2D eigenvalue weighted by atomic mass is 79.9. The van der Waals surface area contributed by atoms with Crippen LogP contribution in [0.2, 0.25) is 0 Å². The summed E-state index contributed by atoms with van der Waals surface area (Å²) < 4.78 is 32.6. The second-order valence-corrected chi connectivity index (χ2v) is 12.5. The highest BCUT2D eigenvalue weighted by molar-refractivity contribution is 9.10. The Morgan fingerprint density at radius 3 is 2.19 bits per heavy atom. The summed E-state index contributed by atoms with van der Waals surface area (Å²) >= 11 is 3.42. The van der Waals surface area contributed by atoms with Crippen LogP contribution in [0.25, 0.3) is 0 Å². The maximum absolute atomic E-state index is 13.7. The largest absolute Gasteiger partial charge is 0.497 e. The zero-order valence-corrected chi connectivity index (χ0v) is 24.4. The van der Waals surface area contributed by atoms with E-state index in [2.05, 4.69) is 21.2 Å². The summed E-state index contributed by atoms with van der Waals surface area (Å²) in [7, 11) is -2.22. The molecule has 0 aliphatic carbocycles. The van der Waals surface area contributed by atoms with Gasteiger partial charge in [0.1, 0.15) is 18.3 Å². The minimum Gasteiger partial charge on any atom is -0.497 e. The molecule has 0 spiro atoms. The maximum Gasteiger partial charge on any atom is 0.244 e. The first-order chi connectivity index (χ1) is 16.7. The van der Waals surface area contributed by atoms with Crippen molar-refractivity contribution in [3.63, 3.8) is 0 Å². The van der Waals surface area contributed by atoms with Gasteiger partial charge < -0.3 is 15.0 Å². The zero-order chi connectivity index (χ0) is 27.3. The maximum atomic E-state index is 13.7. The molecule has 2 aromatic rings. The second-order valence-electron chi connectivity index (χ2n) is 9.74. The topological polar surface area (TPSA) is 96.0 Å². The summed E-state index contributed by atoms with van der Waals surface area (Å²) in [6, 6.07) is 11.5. The highest BCUT2D eigenvalue weighted by Crippen LogP contribution is 2.25. The van der Waals surface area contributed by atoms with Gasteiger partial charge in [0.25, 0.3) is 0 Å². The number of hydrogen-bond donors (Lipinski definition) is 1. The lowest BCUT2D eigenvalue weighted by molar-refractivity contribution is -0.141. The molecule has 36 heavy (non-hydrogen) atoms. The van der Waals surface area contributed by atoms with E-state index in [9.17, 15) is 18.0 Å². The molecule has 10 heteroatoms. The molecule has 0 heterocycles. The van der Waals surface area contributed by atoms with Crippen molar-refractivity contribution in [2.24, 2.45) is 0 Å². The Hall–Kier alpha value is -2.59. The number of sulfonamides is 1. The van der Waals surface area contributed by atoms with Crippen LogP contribution >= 0.6 is 15.9 Å². The summed E-state index contributed by atoms with van der Waals surface area (Å²) in [6.45, 7) is 8.98. The van der Waals surface area contributed by atoms with Crippen molar-refractivity contribution < 1.29 is 22.7 Å². The normalized spacial score (nSPS) is 12.6. The van der Waals surface area contributed by atoms with E-state index in [0.29, 0.717) is 17.9 Å². The molecular weight excluding hydrogens is 546 g/mol. The summed E-state index contributed by atoms with van der Waals surface area (Å²) in [5.74, 6) is -0.104. The Labute approximate surface area is 223 Å². The van der Waals surface area contributed by atoms with Crippen LogP contribution in [0.4, 0.5) is 5.69 Å². The molecule has 0 aliphatic heterocycles. The van der Waals surface area contributed by atoms with E-state index >= 15 is 0 Å². The van der Waals surface area contributed by atoms with Crippen LogP contribution in [-0.4, -0.2) is 56.6 Å². The van der Waals surface area contributed by atoms with Crippen LogP contribution in [0.1, 0.15) is 45.2 Å². The summed E-state index contributed by atoms with van der Waals surface area (Å²) in [5.41, 5.74) is 1.51. The fraction of sp³-hybridized carbons (Fsp3) is 0.462. The quantitative estimate of drug-likeness (QED) is 0.452. The van der Waals surface area contributed by atoms with E-state index in [0.717, 1.165) is 26.2 Å². The number of ether oxygens (including phenoxy) is 1. The van der Waals surface area contributed by atoms with Crippen molar-refractivity contribution in [3.8, 4) is 5.75 Å². The van der Waals surface area contributed by atoms with E-state index < -0.39 is 34.1 Å². The molecule has 0 bridgehead atoms. The first-order valence-corrected chi connectivity index (χ1v) is 14.3. The van der Waals surface area contributed by atoms with E-state index in [4.69, 9.17) is 4.74 Å². The number of carbonyl (C=O) groups excluding carboxylic acids is 2. The van der Waals surface area contributed by atoms with Crippen LogP contribution in [0, 0.1) is 6.92 Å². The van der Waals surface area contributed by atoms with E-state index in [-0.39, 0.29) is 12.5 Å². The predicted octanol–water partition coefficient (Wildman–Crippen LogP) is 4.25. The predicted molar refractivity (Wildman–Crippen MR) is 147 cm³/mol. The number of carbonyl (C=O) groups is 2. The SMILES string of the molecule is CCC(C(=O)NC(C)(C)C)N(Cc1ccc(OC)cc1)C(=O)CN(c1ccc(Br)c(C)c1)S(C)(=O)=O. The van der Waals surface area contributed by atoms with Crippen LogP contribution in [0.3, 0.4) is 0 Å². The van der Waals surface area contributed by atoms with Crippen LogP contribution in [0.5, 0.6) is 5.75 Å². The van der Waals surface area contributed by atoms with Gasteiger partial charge >= 0.3 is 0 Å². The van der Waals surface area contributed by atoms with Crippen molar-refractivity contribution in [2.75, 3.05) is 24.2 Å². The lowest BCUT2D eigenvalue weighted by atomic mass is 10.1. The number of hydrogen-bond acceptors (Lipinski definition) is 5. The molecule has 0 fully saturated rings. The molecule has 0 radical (unpaired) electrons. The number of benzene rings is 2. The van der Waals surface area contributed by atoms with Crippen LogP contribution in [-0.2, 0) is 26.2 Å². The van der Waals surface area contributed by atoms with Gasteiger partial charge in [0.05, 0.1) is 19.1 Å². The van der Waals surface area contributed by atoms with Gasteiger partial charge in [0, 0.05) is 16.6 Å². The van der Waals surface area contributed by atoms with Gasteiger partial charge in [-0.3, -0.25) is 13.9 Å². The number of aryl methyl sites for hydroxylation is 1. The summed E-state index contributed by atoms with van der Waals surface area (Å²) in [4.78, 5) is 28.4. The van der Waals surface area contributed by atoms with Gasteiger partial charge in [0.2, 0.25) is 21.8 Å². The molecule has 0 aliphatic rings. The Morgan fingerprint density at radius 2 is 1.72 bits per heavy atom. The van der Waals surface area contributed by atoms with E-state index in [1.54, 1.807) is 37.4 Å².